The van der Waals surface area contributed by atoms with Crippen LogP contribution in [0.15, 0.2) is 30.7 Å². The normalized spacial score (nSPS) is 19.4. The van der Waals surface area contributed by atoms with Gasteiger partial charge in [-0.05, 0) is 55.2 Å². The number of anilines is 1. The van der Waals surface area contributed by atoms with E-state index in [1.807, 2.05) is 24.7 Å². The molecule has 0 unspecified atom stereocenters. The molecule has 0 radical (unpaired) electrons. The Kier molecular flexibility index (Phi) is 3.82. The Morgan fingerprint density at radius 2 is 1.81 bits per heavy atom. The number of nitrogens with zero attached hydrogens (tertiary/aromatic N) is 5. The summed E-state index contributed by atoms with van der Waals surface area (Å²) >= 11 is 0. The number of hydrogen-bond donors (Lipinski definition) is 2. The third-order valence-electron chi connectivity index (χ3n) is 6.86. The van der Waals surface area contributed by atoms with E-state index in [9.17, 15) is 0 Å². The van der Waals surface area contributed by atoms with E-state index in [2.05, 4.69) is 31.2 Å². The molecule has 31 heavy (non-hydrogen) atoms. The van der Waals surface area contributed by atoms with Gasteiger partial charge in [-0.2, -0.15) is 0 Å². The lowest BCUT2D eigenvalue weighted by Gasteiger charge is -2.30. The van der Waals surface area contributed by atoms with Crippen LogP contribution in [0.25, 0.3) is 33.3 Å². The number of nitrogens with one attached hydrogen (secondary N) is 2. The molecule has 0 atom stereocenters. The van der Waals surface area contributed by atoms with Crippen molar-refractivity contribution in [3.63, 3.8) is 0 Å². The van der Waals surface area contributed by atoms with Crippen molar-refractivity contribution >= 4 is 27.8 Å². The second-order valence-electron chi connectivity index (χ2n) is 9.12. The summed E-state index contributed by atoms with van der Waals surface area (Å²) in [5.41, 5.74) is 5.52. The Balaban J connectivity index is 1.45. The van der Waals surface area contributed by atoms with E-state index in [-0.39, 0.29) is 0 Å². The fraction of sp³-hybridized carbons (Fsp3) is 0.417. The van der Waals surface area contributed by atoms with Gasteiger partial charge in [-0.1, -0.05) is 0 Å². The average Bonchev–Trinajstić information content (AvgIpc) is 3.75. The summed E-state index contributed by atoms with van der Waals surface area (Å²) in [5, 5.41) is 5.77. The van der Waals surface area contributed by atoms with Gasteiger partial charge < -0.3 is 15.2 Å². The van der Waals surface area contributed by atoms with Crippen LogP contribution in [0.2, 0.25) is 0 Å². The largest absolute Gasteiger partial charge is 0.353 e. The minimum Gasteiger partial charge on any atom is -0.353 e. The highest BCUT2D eigenvalue weighted by atomic mass is 15.2. The molecular weight excluding hydrogens is 386 g/mol. The molecule has 0 aromatic carbocycles. The molecule has 0 bridgehead atoms. The highest BCUT2D eigenvalue weighted by Crippen LogP contribution is 2.45. The summed E-state index contributed by atoms with van der Waals surface area (Å²) in [6.45, 7) is 3.87. The molecule has 0 spiro atoms. The molecule has 4 aromatic rings. The van der Waals surface area contributed by atoms with Gasteiger partial charge in [-0.25, -0.2) is 15.0 Å². The number of hydrogen-bond acceptors (Lipinski definition) is 6. The smallest absolute Gasteiger partial charge is 0.163 e. The van der Waals surface area contributed by atoms with Gasteiger partial charge >= 0.3 is 0 Å². The first-order chi connectivity index (χ1) is 15.3. The lowest BCUT2D eigenvalue weighted by molar-refractivity contribution is 0.586. The molecule has 7 heteroatoms. The van der Waals surface area contributed by atoms with E-state index in [4.69, 9.17) is 9.97 Å². The number of H-pyrrole nitrogens is 1. The molecule has 2 saturated carbocycles. The average molecular weight is 412 g/mol. The molecule has 156 valence electrons. The molecule has 2 aliphatic carbocycles. The van der Waals surface area contributed by atoms with E-state index in [1.54, 1.807) is 0 Å². The number of aromatic nitrogens is 5. The highest BCUT2D eigenvalue weighted by Gasteiger charge is 2.30. The van der Waals surface area contributed by atoms with Crippen molar-refractivity contribution in [3.05, 3.63) is 42.0 Å². The maximum absolute atomic E-state index is 5.20. The minimum atomic E-state index is 0.603. The predicted octanol–water partition coefficient (Wildman–Crippen LogP) is 3.73. The Bertz CT molecular complexity index is 1300. The molecule has 3 fully saturated rings. The van der Waals surface area contributed by atoms with Crippen LogP contribution < -0.4 is 10.2 Å². The standard InChI is InChI=1S/C24H25N7/c1-2-14(1)18-12-26-13-20-21(18)24(31-9-7-25-8-10-31)30-23(29-20)16-5-6-27-22-17(16)11-19(28-22)15-3-4-15/h5-6,11-15,25H,1-4,7-10H2,(H,27,28). The van der Waals surface area contributed by atoms with Crippen LogP contribution in [0.3, 0.4) is 0 Å². The SMILES string of the molecule is c1cc(-c2nc(N3CCNCC3)c3c(C4CC4)cncc3n2)c2cc(C3CC3)[nH]c2n1. The Hall–Kier alpha value is -3.06. The summed E-state index contributed by atoms with van der Waals surface area (Å²) in [5.74, 6) is 3.09. The lowest BCUT2D eigenvalue weighted by atomic mass is 10.1. The molecule has 3 aliphatic rings. The van der Waals surface area contributed by atoms with Gasteiger partial charge in [0.05, 0.1) is 11.7 Å². The first kappa shape index (κ1) is 17.6. The summed E-state index contributed by atoms with van der Waals surface area (Å²) in [7, 11) is 0. The van der Waals surface area contributed by atoms with Gasteiger partial charge in [0, 0.05) is 60.6 Å². The van der Waals surface area contributed by atoms with E-state index in [0.29, 0.717) is 11.8 Å². The van der Waals surface area contributed by atoms with E-state index >= 15 is 0 Å². The quantitative estimate of drug-likeness (QED) is 0.532. The van der Waals surface area contributed by atoms with Gasteiger partial charge in [0.2, 0.25) is 0 Å². The van der Waals surface area contributed by atoms with Crippen LogP contribution in [0.5, 0.6) is 0 Å². The van der Waals surface area contributed by atoms with Gasteiger partial charge in [0.15, 0.2) is 5.82 Å². The molecule has 1 aliphatic heterocycles. The van der Waals surface area contributed by atoms with Crippen molar-refractivity contribution in [3.8, 4) is 11.4 Å². The van der Waals surface area contributed by atoms with Crippen molar-refractivity contribution < 1.29 is 0 Å². The number of pyridine rings is 2. The molecule has 1 saturated heterocycles. The van der Waals surface area contributed by atoms with Crippen LogP contribution in [0.1, 0.15) is 48.8 Å². The second-order valence-corrected chi connectivity index (χ2v) is 9.12. The van der Waals surface area contributed by atoms with Crippen molar-refractivity contribution in [1.29, 1.82) is 0 Å². The zero-order valence-electron chi connectivity index (χ0n) is 17.4. The highest BCUT2D eigenvalue weighted by molar-refractivity contribution is 5.97. The van der Waals surface area contributed by atoms with Gasteiger partial charge in [-0.15, -0.1) is 0 Å². The van der Waals surface area contributed by atoms with Crippen molar-refractivity contribution in [2.45, 2.75) is 37.5 Å². The maximum Gasteiger partial charge on any atom is 0.163 e. The summed E-state index contributed by atoms with van der Waals surface area (Å²) in [4.78, 5) is 25.3. The van der Waals surface area contributed by atoms with E-state index in [1.165, 1.54) is 42.3 Å². The minimum absolute atomic E-state index is 0.603. The fourth-order valence-electron chi connectivity index (χ4n) is 4.88. The van der Waals surface area contributed by atoms with Crippen LogP contribution in [0.4, 0.5) is 5.82 Å². The van der Waals surface area contributed by atoms with Gasteiger partial charge in [-0.3, -0.25) is 4.98 Å². The van der Waals surface area contributed by atoms with Crippen LogP contribution in [0, 0.1) is 0 Å². The first-order valence-corrected chi connectivity index (χ1v) is 11.4. The predicted molar refractivity (Wildman–Crippen MR) is 121 cm³/mol. The third kappa shape index (κ3) is 2.98. The number of rotatable bonds is 4. The summed E-state index contributed by atoms with van der Waals surface area (Å²) in [6, 6.07) is 4.31. The molecule has 2 N–H and O–H groups in total. The molecule has 7 nitrogen and oxygen atoms in total. The van der Waals surface area contributed by atoms with Crippen molar-refractivity contribution in [1.82, 2.24) is 30.2 Å². The maximum atomic E-state index is 5.20. The second kappa shape index (κ2) is 6.72. The molecule has 7 rings (SSSR count). The van der Waals surface area contributed by atoms with Crippen LogP contribution in [-0.2, 0) is 0 Å². The molecule has 4 aromatic heterocycles. The molecule has 5 heterocycles. The van der Waals surface area contributed by atoms with Crippen LogP contribution in [-0.4, -0.2) is 51.1 Å². The van der Waals surface area contributed by atoms with Crippen molar-refractivity contribution in [2.24, 2.45) is 0 Å². The zero-order chi connectivity index (χ0) is 20.4. The Morgan fingerprint density at radius 3 is 2.61 bits per heavy atom. The zero-order valence-corrected chi connectivity index (χ0v) is 17.4. The van der Waals surface area contributed by atoms with Crippen LogP contribution >= 0.6 is 0 Å². The summed E-state index contributed by atoms with van der Waals surface area (Å²) < 4.78 is 0. The van der Waals surface area contributed by atoms with E-state index < -0.39 is 0 Å². The van der Waals surface area contributed by atoms with Gasteiger partial charge in [0.1, 0.15) is 11.5 Å². The Labute approximate surface area is 180 Å². The Morgan fingerprint density at radius 1 is 0.968 bits per heavy atom. The number of piperazine rings is 1. The summed E-state index contributed by atoms with van der Waals surface area (Å²) in [6.07, 6.45) is 10.8. The lowest BCUT2D eigenvalue weighted by Crippen LogP contribution is -2.44. The number of fused-ring (bicyclic) bond motifs is 2. The van der Waals surface area contributed by atoms with E-state index in [0.717, 1.165) is 59.9 Å². The first-order valence-electron chi connectivity index (χ1n) is 11.4. The monoisotopic (exact) mass is 411 g/mol. The number of aromatic amines is 1. The van der Waals surface area contributed by atoms with Crippen molar-refractivity contribution in [2.75, 3.05) is 31.1 Å². The molecule has 0 amide bonds. The topological polar surface area (TPSA) is 82.6 Å². The fourth-order valence-corrected chi connectivity index (χ4v) is 4.88. The molecular formula is C24H25N7. The van der Waals surface area contributed by atoms with Gasteiger partial charge in [0.25, 0.3) is 0 Å². The third-order valence-corrected chi connectivity index (χ3v) is 6.86.